The number of phenolic OH excluding ortho intramolecular Hbond substituents is 1. The van der Waals surface area contributed by atoms with E-state index in [1.54, 1.807) is 54.6 Å². The van der Waals surface area contributed by atoms with Crippen LogP contribution in [0, 0.1) is 46.8 Å². The molecule has 2 saturated heterocycles. The first kappa shape index (κ1) is 42.2. The van der Waals surface area contributed by atoms with Crippen LogP contribution in [-0.2, 0) is 19.2 Å². The zero-order valence-electron chi connectivity index (χ0n) is 31.9. The Labute approximate surface area is 362 Å². The molecule has 10 nitrogen and oxygen atoms in total. The Morgan fingerprint density at radius 1 is 0.754 bits per heavy atom. The van der Waals surface area contributed by atoms with Crippen molar-refractivity contribution in [3.8, 4) is 23.0 Å². The monoisotopic (exact) mass is 946 g/mol. The highest BCUT2D eigenvalue weighted by Gasteiger charge is 2.77. The van der Waals surface area contributed by atoms with Gasteiger partial charge in [0.15, 0.2) is 44.5 Å². The van der Waals surface area contributed by atoms with E-state index in [1.165, 1.54) is 39.5 Å². The Morgan fingerprint density at radius 3 is 2.02 bits per heavy atom. The number of benzene rings is 4. The van der Waals surface area contributed by atoms with Crippen LogP contribution in [0.25, 0.3) is 12.2 Å². The van der Waals surface area contributed by atoms with Gasteiger partial charge in [0.2, 0.25) is 17.6 Å². The number of alkyl halides is 2. The van der Waals surface area contributed by atoms with Gasteiger partial charge in [-0.2, -0.15) is 0 Å². The average Bonchev–Trinajstić information content (AvgIpc) is 3.59. The number of methoxy groups -OCH3 is 3. The first-order valence-electron chi connectivity index (χ1n) is 18.4. The van der Waals surface area contributed by atoms with E-state index in [1.807, 2.05) is 0 Å². The fourth-order valence-corrected chi connectivity index (χ4v) is 10.4. The third-order valence-corrected chi connectivity index (χ3v) is 13.7. The number of phenols is 1. The topological polar surface area (TPSA) is 123 Å². The molecule has 4 amide bonds. The minimum Gasteiger partial charge on any atom is -0.504 e. The molecule has 2 aliphatic carbocycles. The summed E-state index contributed by atoms with van der Waals surface area (Å²) in [7, 11) is 4.28. The van der Waals surface area contributed by atoms with E-state index in [0.29, 0.717) is 17.1 Å². The number of carbonyl (C=O) groups is 4. The Balaban J connectivity index is 1.21. The first-order chi connectivity index (χ1) is 28.9. The van der Waals surface area contributed by atoms with Gasteiger partial charge in [-0.1, -0.05) is 51.9 Å². The van der Waals surface area contributed by atoms with Gasteiger partial charge in [0.1, 0.15) is 17.2 Å². The third-order valence-electron chi connectivity index (χ3n) is 11.9. The number of aromatic hydroxyl groups is 1. The first-order valence-corrected chi connectivity index (χ1v) is 19.9. The molecule has 4 aliphatic rings. The molecule has 2 heterocycles. The van der Waals surface area contributed by atoms with Crippen molar-refractivity contribution in [2.75, 3.05) is 31.1 Å². The van der Waals surface area contributed by atoms with Gasteiger partial charge in [0, 0.05) is 21.5 Å². The van der Waals surface area contributed by atoms with Gasteiger partial charge in [-0.05, 0) is 66.8 Å². The molecule has 0 bridgehead atoms. The summed E-state index contributed by atoms with van der Waals surface area (Å²) >= 11 is 17.7. The van der Waals surface area contributed by atoms with Crippen molar-refractivity contribution in [3.05, 3.63) is 116 Å². The molecular weight excluding hydrogens is 918 g/mol. The zero-order valence-corrected chi connectivity index (χ0v) is 35.0. The lowest BCUT2D eigenvalue weighted by atomic mass is 9.56. The predicted octanol–water partition coefficient (Wildman–Crippen LogP) is 8.81. The van der Waals surface area contributed by atoms with E-state index in [4.69, 9.17) is 37.4 Å². The molecule has 61 heavy (non-hydrogen) atoms. The average molecular weight is 949 g/mol. The summed E-state index contributed by atoms with van der Waals surface area (Å²) in [6, 6.07) is 14.4. The Bertz CT molecular complexity index is 2640. The number of allylic oxidation sites excluding steroid dienone is 2. The van der Waals surface area contributed by atoms with Crippen LogP contribution in [0.2, 0.25) is 0 Å². The van der Waals surface area contributed by atoms with Gasteiger partial charge >= 0.3 is 0 Å². The smallest absolute Gasteiger partial charge is 0.258 e. The Hall–Kier alpha value is -5.45. The molecule has 0 radical (unpaired) electrons. The quantitative estimate of drug-likeness (QED) is 0.0354. The molecule has 2 aliphatic heterocycles. The second-order valence-corrected chi connectivity index (χ2v) is 16.9. The third kappa shape index (κ3) is 6.07. The summed E-state index contributed by atoms with van der Waals surface area (Å²) in [6.07, 6.45) is 4.29. The largest absolute Gasteiger partial charge is 0.504 e. The number of fused-ring (bicyclic) bond motifs is 4. The van der Waals surface area contributed by atoms with Crippen LogP contribution in [0.3, 0.4) is 0 Å². The molecule has 18 heteroatoms. The number of imide groups is 2. The van der Waals surface area contributed by atoms with Crippen LogP contribution in [-0.4, -0.2) is 59.8 Å². The maximum atomic E-state index is 15.4. The SMILES string of the molecule is COc1ccc(OC)c(C=Cc2ccc(N3C(=O)C4CC=C5C(CC6(Cl)C(=O)N(c7c(F)c(F)c(F)c(F)c7F)C(=O)C6(Cl)C5c5cc(Br)cc(OC)c5O)C4C3=O)cc2)c1. The van der Waals surface area contributed by atoms with Crippen molar-refractivity contribution in [1.29, 1.82) is 0 Å². The molecular formula is C43H30BrCl2F5N2O8. The van der Waals surface area contributed by atoms with Gasteiger partial charge in [-0.3, -0.25) is 24.1 Å². The van der Waals surface area contributed by atoms with Crippen LogP contribution in [0.15, 0.2) is 70.7 Å². The number of nitrogens with zero attached hydrogens (tertiary/aromatic N) is 2. The summed E-state index contributed by atoms with van der Waals surface area (Å²) in [5, 5.41) is 11.6. The number of anilines is 2. The van der Waals surface area contributed by atoms with E-state index in [9.17, 15) is 37.5 Å². The van der Waals surface area contributed by atoms with Crippen LogP contribution in [0.5, 0.6) is 23.0 Å². The number of halogens is 8. The number of hydrogen-bond donors (Lipinski definition) is 1. The van der Waals surface area contributed by atoms with Crippen molar-refractivity contribution in [3.63, 3.8) is 0 Å². The summed E-state index contributed by atoms with van der Waals surface area (Å²) in [5.74, 6) is -21.9. The van der Waals surface area contributed by atoms with Crippen LogP contribution in [0.1, 0.15) is 35.4 Å². The Morgan fingerprint density at radius 2 is 1.39 bits per heavy atom. The van der Waals surface area contributed by atoms with Crippen molar-refractivity contribution < 1.29 is 60.4 Å². The van der Waals surface area contributed by atoms with Gasteiger partial charge in [0.25, 0.3) is 11.8 Å². The van der Waals surface area contributed by atoms with Crippen LogP contribution >= 0.6 is 39.1 Å². The molecule has 316 valence electrons. The number of rotatable bonds is 8. The predicted molar refractivity (Wildman–Crippen MR) is 216 cm³/mol. The van der Waals surface area contributed by atoms with E-state index in [2.05, 4.69) is 15.9 Å². The van der Waals surface area contributed by atoms with E-state index in [0.717, 1.165) is 10.5 Å². The lowest BCUT2D eigenvalue weighted by molar-refractivity contribution is -0.125. The standard InChI is InChI=1S/C43H30BrCl2F5N2O8/c1-59-22-10-13-27(60-2)19(14-22)7-4-18-5-8-21(9-6-18)52-38(55)24-12-11-23-26(29(24)39(52)56)17-42(45)40(57)53(36-34(50)32(48)31(47)33(49)35(36)51)41(58)43(42,46)30(23)25-15-20(44)16-28(61-3)37(25)54/h4-11,13-16,24,26,29-30,54H,12,17H2,1-3H3. The lowest BCUT2D eigenvalue weighted by Gasteiger charge is -2.50. The molecule has 6 unspecified atom stereocenters. The minimum absolute atomic E-state index is 0.102. The maximum absolute atomic E-state index is 15.4. The summed E-state index contributed by atoms with van der Waals surface area (Å²) in [6.45, 7) is 0. The highest BCUT2D eigenvalue weighted by Crippen LogP contribution is 2.67. The Kier molecular flexibility index (Phi) is 10.5. The summed E-state index contributed by atoms with van der Waals surface area (Å²) < 4.78 is 90.5. The maximum Gasteiger partial charge on any atom is 0.258 e. The summed E-state index contributed by atoms with van der Waals surface area (Å²) in [4.78, 5) is 53.0. The normalized spacial score (nSPS) is 25.8. The van der Waals surface area contributed by atoms with E-state index < -0.39 is 104 Å². The van der Waals surface area contributed by atoms with E-state index in [-0.39, 0.29) is 38.4 Å². The highest BCUT2D eigenvalue weighted by molar-refractivity contribution is 9.10. The van der Waals surface area contributed by atoms with E-state index >= 15 is 8.78 Å². The molecule has 0 spiro atoms. The number of hydrogen-bond acceptors (Lipinski definition) is 8. The van der Waals surface area contributed by atoms with Crippen molar-refractivity contribution in [1.82, 2.24) is 0 Å². The highest BCUT2D eigenvalue weighted by atomic mass is 79.9. The number of carbonyl (C=O) groups excluding carboxylic acids is 4. The van der Waals surface area contributed by atoms with Crippen LogP contribution in [0.4, 0.5) is 33.3 Å². The van der Waals surface area contributed by atoms with Crippen LogP contribution < -0.4 is 24.0 Å². The molecule has 1 N–H and O–H groups in total. The fraction of sp³-hybridized carbons (Fsp3) is 0.256. The van der Waals surface area contributed by atoms with Gasteiger partial charge in [0.05, 0.1) is 38.9 Å². The summed E-state index contributed by atoms with van der Waals surface area (Å²) in [5.41, 5.74) is -0.339. The van der Waals surface area contributed by atoms with Gasteiger partial charge < -0.3 is 19.3 Å². The molecule has 8 rings (SSSR count). The molecule has 6 atom stereocenters. The minimum atomic E-state index is -2.84. The van der Waals surface area contributed by atoms with Gasteiger partial charge in [-0.25, -0.2) is 26.9 Å². The second-order valence-electron chi connectivity index (χ2n) is 14.8. The molecule has 4 aromatic carbocycles. The van der Waals surface area contributed by atoms with Crippen molar-refractivity contribution in [2.24, 2.45) is 17.8 Å². The number of ether oxygens (including phenoxy) is 3. The van der Waals surface area contributed by atoms with Gasteiger partial charge in [-0.15, -0.1) is 23.2 Å². The zero-order chi connectivity index (χ0) is 44.0. The molecule has 0 aromatic heterocycles. The van der Waals surface area contributed by atoms with Crippen molar-refractivity contribution >= 4 is 86.3 Å². The number of amides is 4. The fourth-order valence-electron chi connectivity index (χ4n) is 9.03. The molecule has 3 fully saturated rings. The second kappa shape index (κ2) is 15.2. The van der Waals surface area contributed by atoms with Crippen molar-refractivity contribution in [2.45, 2.75) is 28.5 Å². The lowest BCUT2D eigenvalue weighted by Crippen LogP contribution is -2.60. The molecule has 4 aromatic rings. The molecule has 1 saturated carbocycles.